The highest BCUT2D eigenvalue weighted by atomic mass is 19.1. The number of hydrogen-bond donors (Lipinski definition) is 0. The average molecular weight is 368 g/mol. The van der Waals surface area contributed by atoms with Crippen LogP contribution in [-0.4, -0.2) is 0 Å². The zero-order valence-corrected chi connectivity index (χ0v) is 16.6. The minimum absolute atomic E-state index is 0.0367. The maximum Gasteiger partial charge on any atom is 0.131 e. The second kappa shape index (κ2) is 8.03. The lowest BCUT2D eigenvalue weighted by molar-refractivity contribution is 0.592. The Bertz CT molecular complexity index is 1030. The molecule has 0 radical (unpaired) electrons. The molecule has 3 aromatic carbocycles. The zero-order chi connectivity index (χ0) is 19.5. The first kappa shape index (κ1) is 18.5. The minimum atomic E-state index is -0.0367. The first-order valence-corrected chi connectivity index (χ1v) is 10.1. The van der Waals surface area contributed by atoms with E-state index < -0.39 is 0 Å². The van der Waals surface area contributed by atoms with Crippen LogP contribution in [0.15, 0.2) is 60.7 Å². The lowest BCUT2D eigenvalue weighted by Crippen LogP contribution is -2.01. The van der Waals surface area contributed by atoms with Gasteiger partial charge in [0.15, 0.2) is 0 Å². The van der Waals surface area contributed by atoms with Gasteiger partial charge in [0.1, 0.15) is 5.82 Å². The third-order valence-electron chi connectivity index (χ3n) is 5.44. The molecule has 0 atom stereocenters. The Hall–Kier alpha value is -2.85. The Morgan fingerprint density at radius 1 is 0.786 bits per heavy atom. The smallest absolute Gasteiger partial charge is 0.131 e. The summed E-state index contributed by atoms with van der Waals surface area (Å²) in [7, 11) is 0. The third-order valence-corrected chi connectivity index (χ3v) is 5.44. The summed E-state index contributed by atoms with van der Waals surface area (Å²) < 4.78 is 15.3. The van der Waals surface area contributed by atoms with Crippen molar-refractivity contribution >= 4 is 0 Å². The number of halogens is 1. The summed E-state index contributed by atoms with van der Waals surface area (Å²) in [4.78, 5) is 0. The van der Waals surface area contributed by atoms with Crippen molar-refractivity contribution in [3.05, 3.63) is 105 Å². The van der Waals surface area contributed by atoms with Gasteiger partial charge in [0.2, 0.25) is 0 Å². The van der Waals surface area contributed by atoms with E-state index in [1.54, 1.807) is 0 Å². The van der Waals surface area contributed by atoms with E-state index in [0.717, 1.165) is 47.9 Å². The SMILES string of the molecule is Cc1ccc(C#Cc2ccc(CCc3ccc(C)cc3)c(F)c2C2CC2)cc1. The van der Waals surface area contributed by atoms with Gasteiger partial charge in [-0.3, -0.25) is 0 Å². The number of aryl methyl sites for hydroxylation is 4. The van der Waals surface area contributed by atoms with Crippen LogP contribution in [0.25, 0.3) is 0 Å². The monoisotopic (exact) mass is 368 g/mol. The van der Waals surface area contributed by atoms with Crippen molar-refractivity contribution < 1.29 is 4.39 Å². The Balaban J connectivity index is 1.58. The molecule has 1 saturated carbocycles. The van der Waals surface area contributed by atoms with Gasteiger partial charge in [-0.15, -0.1) is 0 Å². The molecule has 4 rings (SSSR count). The van der Waals surface area contributed by atoms with Crippen molar-refractivity contribution in [2.24, 2.45) is 0 Å². The topological polar surface area (TPSA) is 0 Å². The average Bonchev–Trinajstić information content (AvgIpc) is 3.53. The molecule has 140 valence electrons. The van der Waals surface area contributed by atoms with Crippen LogP contribution in [0.3, 0.4) is 0 Å². The maximum absolute atomic E-state index is 15.3. The fourth-order valence-electron chi connectivity index (χ4n) is 3.52. The number of hydrogen-bond acceptors (Lipinski definition) is 0. The molecule has 0 unspecified atom stereocenters. The van der Waals surface area contributed by atoms with Gasteiger partial charge in [-0.05, 0) is 74.8 Å². The van der Waals surface area contributed by atoms with E-state index in [2.05, 4.69) is 62.1 Å². The van der Waals surface area contributed by atoms with E-state index in [4.69, 9.17) is 0 Å². The predicted octanol–water partition coefficient (Wildman–Crippen LogP) is 6.50. The summed E-state index contributed by atoms with van der Waals surface area (Å²) in [5.74, 6) is 6.73. The predicted molar refractivity (Wildman–Crippen MR) is 114 cm³/mol. The van der Waals surface area contributed by atoms with Crippen LogP contribution in [-0.2, 0) is 12.8 Å². The Morgan fingerprint density at radius 2 is 1.43 bits per heavy atom. The highest BCUT2D eigenvalue weighted by molar-refractivity contribution is 5.51. The molecule has 0 nitrogen and oxygen atoms in total. The third kappa shape index (κ3) is 4.34. The molecule has 0 spiro atoms. The summed E-state index contributed by atoms with van der Waals surface area (Å²) in [6.45, 7) is 4.15. The molecule has 0 aliphatic heterocycles. The lowest BCUT2D eigenvalue weighted by Gasteiger charge is -2.11. The molecule has 1 fully saturated rings. The molecule has 1 aliphatic carbocycles. The van der Waals surface area contributed by atoms with Crippen LogP contribution in [0.1, 0.15) is 57.7 Å². The summed E-state index contributed by atoms with van der Waals surface area (Å²) in [5, 5.41) is 0. The van der Waals surface area contributed by atoms with Gasteiger partial charge < -0.3 is 0 Å². The molecular formula is C27H25F. The zero-order valence-electron chi connectivity index (χ0n) is 16.6. The largest absolute Gasteiger partial charge is 0.206 e. The molecule has 3 aromatic rings. The quantitative estimate of drug-likeness (QED) is 0.461. The second-order valence-corrected chi connectivity index (χ2v) is 7.88. The van der Waals surface area contributed by atoms with Crippen molar-refractivity contribution in [2.45, 2.75) is 45.4 Å². The molecular weight excluding hydrogens is 343 g/mol. The fraction of sp³-hybridized carbons (Fsp3) is 0.259. The van der Waals surface area contributed by atoms with Crippen molar-refractivity contribution in [3.8, 4) is 11.8 Å². The van der Waals surface area contributed by atoms with E-state index in [0.29, 0.717) is 5.92 Å². The van der Waals surface area contributed by atoms with Crippen LogP contribution >= 0.6 is 0 Å². The summed E-state index contributed by atoms with van der Waals surface area (Å²) in [6.07, 6.45) is 3.71. The highest BCUT2D eigenvalue weighted by Gasteiger charge is 2.30. The van der Waals surface area contributed by atoms with Crippen molar-refractivity contribution in [1.82, 2.24) is 0 Å². The Kier molecular flexibility index (Phi) is 5.31. The number of benzene rings is 3. The van der Waals surface area contributed by atoms with E-state index >= 15 is 4.39 Å². The summed E-state index contributed by atoms with van der Waals surface area (Å²) in [6, 6.07) is 20.6. The lowest BCUT2D eigenvalue weighted by atomic mass is 9.95. The molecule has 0 heterocycles. The van der Waals surface area contributed by atoms with Gasteiger partial charge in [-0.25, -0.2) is 4.39 Å². The van der Waals surface area contributed by atoms with Gasteiger partial charge >= 0.3 is 0 Å². The number of rotatable bonds is 4. The first-order valence-electron chi connectivity index (χ1n) is 10.1. The van der Waals surface area contributed by atoms with Crippen LogP contribution in [0.4, 0.5) is 4.39 Å². The fourth-order valence-corrected chi connectivity index (χ4v) is 3.52. The van der Waals surface area contributed by atoms with Gasteiger partial charge in [0.05, 0.1) is 0 Å². The molecule has 28 heavy (non-hydrogen) atoms. The molecule has 0 amide bonds. The van der Waals surface area contributed by atoms with Crippen molar-refractivity contribution in [1.29, 1.82) is 0 Å². The molecule has 1 heteroatoms. The minimum Gasteiger partial charge on any atom is -0.206 e. The van der Waals surface area contributed by atoms with E-state index in [-0.39, 0.29) is 5.82 Å². The molecule has 0 bridgehead atoms. The standard InChI is InChI=1S/C27H25F/c1-19-3-7-21(8-4-19)11-13-23-17-18-25(27(28)26(23)24-15-16-24)14-12-22-9-5-20(2)6-10-22/h3-10,17-18,24H,12,14-16H2,1-2H3. The summed E-state index contributed by atoms with van der Waals surface area (Å²) in [5.41, 5.74) is 7.18. The van der Waals surface area contributed by atoms with Crippen LogP contribution in [0.2, 0.25) is 0 Å². The Morgan fingerprint density at radius 3 is 2.07 bits per heavy atom. The summed E-state index contributed by atoms with van der Waals surface area (Å²) >= 11 is 0. The highest BCUT2D eigenvalue weighted by Crippen LogP contribution is 2.43. The normalized spacial score (nSPS) is 13.1. The van der Waals surface area contributed by atoms with Gasteiger partial charge in [0.25, 0.3) is 0 Å². The second-order valence-electron chi connectivity index (χ2n) is 7.88. The van der Waals surface area contributed by atoms with Crippen molar-refractivity contribution in [3.63, 3.8) is 0 Å². The van der Waals surface area contributed by atoms with Crippen LogP contribution in [0.5, 0.6) is 0 Å². The first-order chi connectivity index (χ1) is 13.6. The van der Waals surface area contributed by atoms with Gasteiger partial charge in [-0.2, -0.15) is 0 Å². The molecule has 0 aromatic heterocycles. The van der Waals surface area contributed by atoms with Gasteiger partial charge in [-0.1, -0.05) is 65.4 Å². The van der Waals surface area contributed by atoms with E-state index in [1.807, 2.05) is 24.3 Å². The van der Waals surface area contributed by atoms with E-state index in [9.17, 15) is 0 Å². The van der Waals surface area contributed by atoms with Crippen LogP contribution in [0, 0.1) is 31.5 Å². The van der Waals surface area contributed by atoms with E-state index in [1.165, 1.54) is 16.7 Å². The van der Waals surface area contributed by atoms with Crippen LogP contribution < -0.4 is 0 Å². The van der Waals surface area contributed by atoms with Gasteiger partial charge in [0, 0.05) is 16.7 Å². The Labute approximate surface area is 167 Å². The molecule has 0 N–H and O–H groups in total. The molecule has 1 aliphatic rings. The maximum atomic E-state index is 15.3. The molecule has 0 saturated heterocycles. The van der Waals surface area contributed by atoms with Crippen molar-refractivity contribution in [2.75, 3.05) is 0 Å².